The maximum absolute atomic E-state index is 12.9. The summed E-state index contributed by atoms with van der Waals surface area (Å²) in [5.74, 6) is 0.364. The third kappa shape index (κ3) is 4.31. The van der Waals surface area contributed by atoms with Crippen molar-refractivity contribution in [3.05, 3.63) is 69.6 Å². The van der Waals surface area contributed by atoms with Crippen LogP contribution in [0.5, 0.6) is 0 Å². The topological polar surface area (TPSA) is 44.9 Å². The lowest BCUT2D eigenvalue weighted by molar-refractivity contribution is -0.137. The molecule has 134 valence electrons. The molecule has 1 saturated carbocycles. The molecule has 3 atom stereocenters. The molecule has 0 bridgehead atoms. The van der Waals surface area contributed by atoms with Gasteiger partial charge in [-0.2, -0.15) is 13.2 Å². The first-order valence-electron chi connectivity index (χ1n) is 8.45. The average Bonchev–Trinajstić information content (AvgIpc) is 3.03. The summed E-state index contributed by atoms with van der Waals surface area (Å²) in [7, 11) is 0. The zero-order chi connectivity index (χ0) is 18.0. The number of aromatic nitrogens is 1. The van der Waals surface area contributed by atoms with E-state index in [1.807, 2.05) is 13.0 Å². The summed E-state index contributed by atoms with van der Waals surface area (Å²) in [4.78, 5) is 13.8. The first-order valence-corrected chi connectivity index (χ1v) is 8.45. The van der Waals surface area contributed by atoms with Crippen molar-refractivity contribution in [1.82, 2.24) is 10.3 Å². The van der Waals surface area contributed by atoms with Crippen LogP contribution in [0.2, 0.25) is 0 Å². The zero-order valence-electron chi connectivity index (χ0n) is 13.9. The number of halogens is 3. The van der Waals surface area contributed by atoms with Crippen LogP contribution >= 0.6 is 0 Å². The first kappa shape index (κ1) is 17.7. The standard InChI is InChI=1S/C19H21F3N2O/c1-12(13-3-2-4-16(9-13)19(20,21)22)24-17-7-5-14(10-17)15-6-8-18(25)23-11-15/h2-4,6,8-9,11-12,14,17,24H,5,7,10H2,1H3,(H,23,25)/t12-,14?,17+/m1/s1. The number of H-pyrrole nitrogens is 1. The second-order valence-electron chi connectivity index (χ2n) is 6.70. The van der Waals surface area contributed by atoms with Gasteiger partial charge in [0.1, 0.15) is 0 Å². The Balaban J connectivity index is 1.63. The van der Waals surface area contributed by atoms with Crippen molar-refractivity contribution in [2.45, 2.75) is 50.4 Å². The number of hydrogen-bond donors (Lipinski definition) is 2. The molecular formula is C19H21F3N2O. The van der Waals surface area contributed by atoms with E-state index in [1.54, 1.807) is 12.3 Å². The predicted molar refractivity (Wildman–Crippen MR) is 90.4 cm³/mol. The van der Waals surface area contributed by atoms with Gasteiger partial charge in [0.15, 0.2) is 0 Å². The minimum Gasteiger partial charge on any atom is -0.329 e. The molecule has 3 rings (SSSR count). The van der Waals surface area contributed by atoms with Crippen molar-refractivity contribution in [2.24, 2.45) is 0 Å². The maximum Gasteiger partial charge on any atom is 0.416 e. The van der Waals surface area contributed by atoms with Crippen molar-refractivity contribution < 1.29 is 13.2 Å². The van der Waals surface area contributed by atoms with E-state index in [0.29, 0.717) is 11.5 Å². The maximum atomic E-state index is 12.9. The number of aromatic amines is 1. The Bertz CT molecular complexity index is 764. The fourth-order valence-electron chi connectivity index (χ4n) is 3.55. The van der Waals surface area contributed by atoms with E-state index in [2.05, 4.69) is 10.3 Å². The zero-order valence-corrected chi connectivity index (χ0v) is 13.9. The van der Waals surface area contributed by atoms with Crippen molar-refractivity contribution in [1.29, 1.82) is 0 Å². The fourth-order valence-corrected chi connectivity index (χ4v) is 3.55. The lowest BCUT2D eigenvalue weighted by Gasteiger charge is -2.21. The van der Waals surface area contributed by atoms with Gasteiger partial charge in [-0.25, -0.2) is 0 Å². The van der Waals surface area contributed by atoms with Crippen LogP contribution in [-0.2, 0) is 6.18 Å². The van der Waals surface area contributed by atoms with Crippen LogP contribution in [0.1, 0.15) is 54.8 Å². The monoisotopic (exact) mass is 350 g/mol. The van der Waals surface area contributed by atoms with E-state index >= 15 is 0 Å². The number of pyridine rings is 1. The van der Waals surface area contributed by atoms with E-state index < -0.39 is 11.7 Å². The highest BCUT2D eigenvalue weighted by atomic mass is 19.4. The van der Waals surface area contributed by atoms with Crippen LogP contribution in [-0.4, -0.2) is 11.0 Å². The largest absolute Gasteiger partial charge is 0.416 e. The molecule has 1 aliphatic carbocycles. The van der Waals surface area contributed by atoms with Crippen LogP contribution in [0.3, 0.4) is 0 Å². The Morgan fingerprint density at radius 3 is 2.68 bits per heavy atom. The lowest BCUT2D eigenvalue weighted by atomic mass is 9.99. The number of rotatable bonds is 4. The molecule has 2 aromatic rings. The van der Waals surface area contributed by atoms with Crippen molar-refractivity contribution in [2.75, 3.05) is 0 Å². The molecule has 1 heterocycles. The Kier molecular flexibility index (Phi) is 4.99. The van der Waals surface area contributed by atoms with Gasteiger partial charge in [-0.1, -0.05) is 18.2 Å². The van der Waals surface area contributed by atoms with Gasteiger partial charge in [-0.05, 0) is 55.4 Å². The van der Waals surface area contributed by atoms with E-state index in [0.717, 1.165) is 30.9 Å². The minimum atomic E-state index is -4.32. The highest BCUT2D eigenvalue weighted by Crippen LogP contribution is 2.35. The summed E-state index contributed by atoms with van der Waals surface area (Å²) < 4.78 is 38.6. The second kappa shape index (κ2) is 7.04. The highest BCUT2D eigenvalue weighted by molar-refractivity contribution is 5.28. The van der Waals surface area contributed by atoms with Gasteiger partial charge >= 0.3 is 6.18 Å². The molecule has 1 aromatic heterocycles. The van der Waals surface area contributed by atoms with E-state index in [4.69, 9.17) is 0 Å². The lowest BCUT2D eigenvalue weighted by Crippen LogP contribution is -2.29. The predicted octanol–water partition coefficient (Wildman–Crippen LogP) is 4.38. The van der Waals surface area contributed by atoms with Crippen LogP contribution in [0.25, 0.3) is 0 Å². The summed E-state index contributed by atoms with van der Waals surface area (Å²) in [6.45, 7) is 1.89. The Hall–Kier alpha value is -2.08. The van der Waals surface area contributed by atoms with Crippen molar-refractivity contribution >= 4 is 0 Å². The normalized spacial score (nSPS) is 22.1. The second-order valence-corrected chi connectivity index (χ2v) is 6.70. The van der Waals surface area contributed by atoms with Gasteiger partial charge in [0, 0.05) is 24.3 Å². The van der Waals surface area contributed by atoms with Gasteiger partial charge in [-0.15, -0.1) is 0 Å². The van der Waals surface area contributed by atoms with Gasteiger partial charge < -0.3 is 10.3 Å². The molecule has 0 amide bonds. The Morgan fingerprint density at radius 2 is 2.00 bits per heavy atom. The molecular weight excluding hydrogens is 329 g/mol. The van der Waals surface area contributed by atoms with Gasteiger partial charge in [0.2, 0.25) is 5.56 Å². The van der Waals surface area contributed by atoms with Crippen LogP contribution < -0.4 is 10.9 Å². The molecule has 0 aliphatic heterocycles. The Labute approximate surface area is 144 Å². The number of benzene rings is 1. The number of alkyl halides is 3. The minimum absolute atomic E-state index is 0.116. The van der Waals surface area contributed by atoms with Crippen molar-refractivity contribution in [3.8, 4) is 0 Å². The summed E-state index contributed by atoms with van der Waals surface area (Å²) in [6.07, 6.45) is 0.311. The van der Waals surface area contributed by atoms with E-state index in [1.165, 1.54) is 18.2 Å². The molecule has 0 saturated heterocycles. The number of hydrogen-bond acceptors (Lipinski definition) is 2. The molecule has 2 N–H and O–H groups in total. The molecule has 1 unspecified atom stereocenters. The van der Waals surface area contributed by atoms with Crippen LogP contribution in [0.15, 0.2) is 47.4 Å². The molecule has 1 fully saturated rings. The molecule has 1 aromatic carbocycles. The smallest absolute Gasteiger partial charge is 0.329 e. The van der Waals surface area contributed by atoms with Gasteiger partial charge in [-0.3, -0.25) is 4.79 Å². The van der Waals surface area contributed by atoms with E-state index in [9.17, 15) is 18.0 Å². The van der Waals surface area contributed by atoms with Gasteiger partial charge in [0.05, 0.1) is 5.56 Å². The van der Waals surface area contributed by atoms with E-state index in [-0.39, 0.29) is 17.6 Å². The summed E-state index contributed by atoms with van der Waals surface area (Å²) in [5, 5.41) is 3.45. The highest BCUT2D eigenvalue weighted by Gasteiger charge is 2.31. The number of nitrogens with one attached hydrogen (secondary N) is 2. The van der Waals surface area contributed by atoms with Crippen molar-refractivity contribution in [3.63, 3.8) is 0 Å². The molecule has 0 radical (unpaired) electrons. The van der Waals surface area contributed by atoms with Crippen LogP contribution in [0, 0.1) is 0 Å². The SMILES string of the molecule is C[C@@H](N[C@H]1CCC(c2ccc(=O)[nH]c2)C1)c1cccc(C(F)(F)F)c1. The molecule has 1 aliphatic rings. The summed E-state index contributed by atoms with van der Waals surface area (Å²) >= 11 is 0. The van der Waals surface area contributed by atoms with Crippen LogP contribution in [0.4, 0.5) is 13.2 Å². The molecule has 0 spiro atoms. The third-order valence-corrected chi connectivity index (χ3v) is 4.91. The molecule has 25 heavy (non-hydrogen) atoms. The van der Waals surface area contributed by atoms with Gasteiger partial charge in [0.25, 0.3) is 0 Å². The molecule has 6 heteroatoms. The Morgan fingerprint density at radius 1 is 1.20 bits per heavy atom. The first-order chi connectivity index (χ1) is 11.8. The summed E-state index contributed by atoms with van der Waals surface area (Å²) in [5.41, 5.74) is 1.02. The third-order valence-electron chi connectivity index (χ3n) is 4.91. The summed E-state index contributed by atoms with van der Waals surface area (Å²) in [6, 6.07) is 8.96. The fraction of sp³-hybridized carbons (Fsp3) is 0.421. The average molecular weight is 350 g/mol. The molecule has 3 nitrogen and oxygen atoms in total. The quantitative estimate of drug-likeness (QED) is 0.859.